The van der Waals surface area contributed by atoms with Crippen LogP contribution in [-0.2, 0) is 0 Å². The fraction of sp³-hybridized carbons (Fsp3) is 0. The first-order chi connectivity index (χ1) is 8.34. The van der Waals surface area contributed by atoms with Crippen molar-refractivity contribution in [2.75, 3.05) is 0 Å². The molecule has 0 radical (unpaired) electrons. The zero-order valence-corrected chi connectivity index (χ0v) is 10.6. The number of phenolic OH excluding ortho intramolecular Hbond substituents is 1. The number of fused-ring (bicyclic) bond motifs is 1. The molecule has 0 bridgehead atoms. The van der Waals surface area contributed by atoms with E-state index in [1.807, 2.05) is 35.7 Å². The van der Waals surface area contributed by atoms with Gasteiger partial charge >= 0.3 is 0 Å². The number of rotatable bonds is 2. The standard InChI is InChI=1S/C14H10OS2/c15-12-8-7-10-4-1-2-5-11(10)14(12)17-13-6-3-9-16-13/h1-9,15H. The summed E-state index contributed by atoms with van der Waals surface area (Å²) in [5.74, 6) is 0.349. The van der Waals surface area contributed by atoms with E-state index in [2.05, 4.69) is 12.1 Å². The largest absolute Gasteiger partial charge is 0.507 e. The fourth-order valence-corrected chi connectivity index (χ4v) is 3.63. The molecule has 0 saturated heterocycles. The first-order valence-corrected chi connectivity index (χ1v) is 6.96. The number of thiophene rings is 1. The third kappa shape index (κ3) is 2.04. The summed E-state index contributed by atoms with van der Waals surface area (Å²) in [6, 6.07) is 15.9. The summed E-state index contributed by atoms with van der Waals surface area (Å²) in [6.07, 6.45) is 0. The molecular formula is C14H10OS2. The Morgan fingerprint density at radius 1 is 0.941 bits per heavy atom. The Hall–Kier alpha value is -1.45. The Morgan fingerprint density at radius 3 is 2.65 bits per heavy atom. The van der Waals surface area contributed by atoms with Crippen molar-refractivity contribution in [1.29, 1.82) is 0 Å². The maximum absolute atomic E-state index is 9.99. The maximum Gasteiger partial charge on any atom is 0.130 e. The van der Waals surface area contributed by atoms with Crippen LogP contribution >= 0.6 is 23.1 Å². The first kappa shape index (κ1) is 10.7. The SMILES string of the molecule is Oc1ccc2ccccc2c1Sc1cccs1. The highest BCUT2D eigenvalue weighted by Gasteiger charge is 2.08. The molecule has 0 aliphatic heterocycles. The molecule has 0 aliphatic rings. The van der Waals surface area contributed by atoms with Crippen LogP contribution in [0.1, 0.15) is 0 Å². The summed E-state index contributed by atoms with van der Waals surface area (Å²) in [5.41, 5.74) is 0. The Labute approximate surface area is 108 Å². The van der Waals surface area contributed by atoms with Gasteiger partial charge in [0.25, 0.3) is 0 Å². The molecule has 17 heavy (non-hydrogen) atoms. The maximum atomic E-state index is 9.99. The Kier molecular flexibility index (Phi) is 2.79. The summed E-state index contributed by atoms with van der Waals surface area (Å²) in [4.78, 5) is 0.936. The molecule has 1 heterocycles. The Bertz CT molecular complexity index is 644. The predicted octanol–water partition coefficient (Wildman–Crippen LogP) is 4.76. The summed E-state index contributed by atoms with van der Waals surface area (Å²) in [5, 5.41) is 14.3. The highest BCUT2D eigenvalue weighted by molar-refractivity contribution is 8.01. The van der Waals surface area contributed by atoms with Crippen molar-refractivity contribution < 1.29 is 5.11 Å². The van der Waals surface area contributed by atoms with Gasteiger partial charge in [0.05, 0.1) is 9.10 Å². The molecule has 0 atom stereocenters. The molecule has 0 spiro atoms. The molecule has 0 fully saturated rings. The van der Waals surface area contributed by atoms with Gasteiger partial charge in [0.15, 0.2) is 0 Å². The molecule has 1 nitrogen and oxygen atoms in total. The normalized spacial score (nSPS) is 10.8. The van der Waals surface area contributed by atoms with E-state index in [1.165, 1.54) is 4.21 Å². The lowest BCUT2D eigenvalue weighted by Gasteiger charge is -2.07. The lowest BCUT2D eigenvalue weighted by atomic mass is 10.1. The van der Waals surface area contributed by atoms with Gasteiger partial charge in [-0.3, -0.25) is 0 Å². The molecule has 1 N–H and O–H groups in total. The van der Waals surface area contributed by atoms with Crippen LogP contribution in [0.4, 0.5) is 0 Å². The van der Waals surface area contributed by atoms with Crippen LogP contribution in [0.25, 0.3) is 10.8 Å². The third-order valence-corrected chi connectivity index (χ3v) is 4.73. The zero-order valence-electron chi connectivity index (χ0n) is 8.96. The lowest BCUT2D eigenvalue weighted by Crippen LogP contribution is -1.78. The van der Waals surface area contributed by atoms with Crippen LogP contribution in [-0.4, -0.2) is 5.11 Å². The smallest absolute Gasteiger partial charge is 0.130 e. The van der Waals surface area contributed by atoms with E-state index in [0.717, 1.165) is 15.7 Å². The second-order valence-electron chi connectivity index (χ2n) is 3.67. The molecule has 3 rings (SSSR count). The van der Waals surface area contributed by atoms with Crippen LogP contribution in [0.15, 0.2) is 63.0 Å². The molecule has 84 valence electrons. The topological polar surface area (TPSA) is 20.2 Å². The second kappa shape index (κ2) is 4.43. The number of benzene rings is 2. The van der Waals surface area contributed by atoms with E-state index < -0.39 is 0 Å². The van der Waals surface area contributed by atoms with Crippen molar-refractivity contribution >= 4 is 33.9 Å². The van der Waals surface area contributed by atoms with Crippen molar-refractivity contribution in [2.45, 2.75) is 9.10 Å². The minimum absolute atomic E-state index is 0.349. The van der Waals surface area contributed by atoms with Crippen molar-refractivity contribution in [3.63, 3.8) is 0 Å². The van der Waals surface area contributed by atoms with Gasteiger partial charge in [-0.1, -0.05) is 48.2 Å². The van der Waals surface area contributed by atoms with Crippen molar-refractivity contribution in [2.24, 2.45) is 0 Å². The van der Waals surface area contributed by atoms with Crippen molar-refractivity contribution in [1.82, 2.24) is 0 Å². The van der Waals surface area contributed by atoms with E-state index in [1.54, 1.807) is 29.2 Å². The summed E-state index contributed by atoms with van der Waals surface area (Å²) in [6.45, 7) is 0. The fourth-order valence-electron chi connectivity index (χ4n) is 1.76. The van der Waals surface area contributed by atoms with Crippen LogP contribution in [0.5, 0.6) is 5.75 Å². The number of hydrogen-bond acceptors (Lipinski definition) is 3. The van der Waals surface area contributed by atoms with Gasteiger partial charge in [-0.05, 0) is 28.3 Å². The van der Waals surface area contributed by atoms with Crippen LogP contribution in [0.2, 0.25) is 0 Å². The summed E-state index contributed by atoms with van der Waals surface area (Å²) < 4.78 is 1.19. The first-order valence-electron chi connectivity index (χ1n) is 5.27. The zero-order chi connectivity index (χ0) is 11.7. The predicted molar refractivity (Wildman–Crippen MR) is 74.1 cm³/mol. The van der Waals surface area contributed by atoms with Crippen LogP contribution in [0, 0.1) is 0 Å². The molecule has 0 amide bonds. The van der Waals surface area contributed by atoms with Crippen molar-refractivity contribution in [3.05, 3.63) is 53.9 Å². The van der Waals surface area contributed by atoms with E-state index in [-0.39, 0.29) is 0 Å². The summed E-state index contributed by atoms with van der Waals surface area (Å²) in [7, 11) is 0. The van der Waals surface area contributed by atoms with E-state index in [0.29, 0.717) is 5.75 Å². The average molecular weight is 258 g/mol. The molecule has 1 aromatic heterocycles. The molecule has 3 aromatic rings. The van der Waals surface area contributed by atoms with Gasteiger partial charge in [0.1, 0.15) is 5.75 Å². The van der Waals surface area contributed by atoms with Gasteiger partial charge in [0.2, 0.25) is 0 Å². The summed E-state index contributed by atoms with van der Waals surface area (Å²) >= 11 is 3.31. The van der Waals surface area contributed by atoms with Gasteiger partial charge in [0, 0.05) is 0 Å². The van der Waals surface area contributed by atoms with Gasteiger partial charge in [-0.25, -0.2) is 0 Å². The Morgan fingerprint density at radius 2 is 1.82 bits per heavy atom. The monoisotopic (exact) mass is 258 g/mol. The molecule has 0 aliphatic carbocycles. The third-order valence-electron chi connectivity index (χ3n) is 2.56. The van der Waals surface area contributed by atoms with Crippen LogP contribution < -0.4 is 0 Å². The quantitative estimate of drug-likeness (QED) is 0.715. The molecule has 2 aromatic carbocycles. The van der Waals surface area contributed by atoms with E-state index in [9.17, 15) is 5.11 Å². The number of hydrogen-bond donors (Lipinski definition) is 1. The number of aromatic hydroxyl groups is 1. The Balaban J connectivity index is 2.17. The van der Waals surface area contributed by atoms with E-state index >= 15 is 0 Å². The number of phenols is 1. The highest BCUT2D eigenvalue weighted by atomic mass is 32.2. The van der Waals surface area contributed by atoms with Crippen LogP contribution in [0.3, 0.4) is 0 Å². The molecule has 3 heteroatoms. The van der Waals surface area contributed by atoms with Gasteiger partial charge in [-0.15, -0.1) is 11.3 Å². The average Bonchev–Trinajstić information content (AvgIpc) is 2.86. The molecular weight excluding hydrogens is 248 g/mol. The van der Waals surface area contributed by atoms with Gasteiger partial charge < -0.3 is 5.11 Å². The minimum Gasteiger partial charge on any atom is -0.507 e. The lowest BCUT2D eigenvalue weighted by molar-refractivity contribution is 0.464. The highest BCUT2D eigenvalue weighted by Crippen LogP contribution is 2.41. The molecule has 0 unspecified atom stereocenters. The second-order valence-corrected chi connectivity index (χ2v) is 5.93. The van der Waals surface area contributed by atoms with E-state index in [4.69, 9.17) is 0 Å². The molecule has 0 saturated carbocycles. The van der Waals surface area contributed by atoms with Gasteiger partial charge in [-0.2, -0.15) is 0 Å². The van der Waals surface area contributed by atoms with Crippen molar-refractivity contribution in [3.8, 4) is 5.75 Å². The minimum atomic E-state index is 0.349.